The maximum Gasteiger partial charge on any atom is 0.306 e. The van der Waals surface area contributed by atoms with E-state index in [1.165, 1.54) is 109 Å². The topological polar surface area (TPSA) is 131 Å². The van der Waals surface area contributed by atoms with Gasteiger partial charge in [-0.2, -0.15) is 0 Å². The van der Waals surface area contributed by atoms with E-state index in [0.29, 0.717) is 30.3 Å². The van der Waals surface area contributed by atoms with Gasteiger partial charge < -0.3 is 33.0 Å². The number of likely N-dealkylation sites (N-methyl/N-ethyl adjacent to an activating group) is 1. The van der Waals surface area contributed by atoms with E-state index >= 15 is 0 Å². The van der Waals surface area contributed by atoms with E-state index in [1.807, 2.05) is 39.4 Å². The lowest BCUT2D eigenvalue weighted by atomic mass is 10.0. The van der Waals surface area contributed by atoms with Gasteiger partial charge in [0.2, 0.25) is 0 Å². The number of unbranched alkanes of at least 4 members (excludes halogenated alkanes) is 20. The minimum atomic E-state index is -4.68. The fourth-order valence-corrected chi connectivity index (χ4v) is 7.55. The second-order valence-corrected chi connectivity index (χ2v) is 19.8. The van der Waals surface area contributed by atoms with Crippen LogP contribution < -0.4 is 4.89 Å². The summed E-state index contributed by atoms with van der Waals surface area (Å²) in [6.07, 6.45) is 54.0. The van der Waals surface area contributed by atoms with Crippen molar-refractivity contribution in [2.45, 2.75) is 212 Å². The van der Waals surface area contributed by atoms with Crippen molar-refractivity contribution in [3.05, 3.63) is 72.9 Å². The molecule has 0 aliphatic rings. The van der Waals surface area contributed by atoms with Crippen molar-refractivity contribution in [3.8, 4) is 0 Å². The Kier molecular flexibility index (Phi) is 43.4. The molecule has 0 heterocycles. The van der Waals surface area contributed by atoms with Gasteiger partial charge in [-0.15, -0.1) is 0 Å². The molecule has 65 heavy (non-hydrogen) atoms. The van der Waals surface area contributed by atoms with Crippen molar-refractivity contribution >= 4 is 19.8 Å². The lowest BCUT2D eigenvalue weighted by Crippen LogP contribution is -2.37. The van der Waals surface area contributed by atoms with Crippen LogP contribution in [0.25, 0.3) is 0 Å². The number of phosphoric ester groups is 1. The molecule has 0 aliphatic carbocycles. The maximum atomic E-state index is 12.7. The molecule has 376 valence electrons. The third-order valence-corrected chi connectivity index (χ3v) is 11.8. The van der Waals surface area contributed by atoms with Gasteiger partial charge in [0.15, 0.2) is 6.10 Å². The molecular formula is C54H96NO9P. The lowest BCUT2D eigenvalue weighted by Gasteiger charge is -2.28. The van der Waals surface area contributed by atoms with Crippen LogP contribution in [0.2, 0.25) is 0 Å². The third kappa shape index (κ3) is 49.1. The molecule has 3 atom stereocenters. The normalized spacial score (nSPS) is 14.5. The van der Waals surface area contributed by atoms with Crippen LogP contribution >= 0.6 is 7.82 Å². The molecule has 0 aromatic rings. The van der Waals surface area contributed by atoms with Gasteiger partial charge in [0.25, 0.3) is 7.82 Å². The minimum Gasteiger partial charge on any atom is -0.756 e. The second-order valence-electron chi connectivity index (χ2n) is 18.4. The Bertz CT molecular complexity index is 1350. The minimum absolute atomic E-state index is 0.0172. The summed E-state index contributed by atoms with van der Waals surface area (Å²) in [5.74, 6) is -1.01. The molecular weight excluding hydrogens is 838 g/mol. The zero-order valence-corrected chi connectivity index (χ0v) is 42.9. The van der Waals surface area contributed by atoms with E-state index in [1.54, 1.807) is 18.2 Å². The molecule has 0 radical (unpaired) electrons. The summed E-state index contributed by atoms with van der Waals surface area (Å²) in [5.41, 5.74) is 0. The molecule has 11 heteroatoms. The number of ether oxygens (including phenoxy) is 2. The number of esters is 2. The second kappa shape index (κ2) is 45.2. The lowest BCUT2D eigenvalue weighted by molar-refractivity contribution is -0.870. The number of hydrogen-bond donors (Lipinski definition) is 1. The zero-order chi connectivity index (χ0) is 48.0. The van der Waals surface area contributed by atoms with Gasteiger partial charge in [-0.25, -0.2) is 0 Å². The number of nitrogens with zero attached hydrogens (tertiary/aromatic N) is 1. The van der Waals surface area contributed by atoms with E-state index in [2.05, 4.69) is 50.3 Å². The quantitative estimate of drug-likeness (QED) is 0.0158. The number of phosphoric acid groups is 1. The molecule has 1 N–H and O–H groups in total. The van der Waals surface area contributed by atoms with Crippen LogP contribution in [0, 0.1) is 0 Å². The molecule has 0 saturated carbocycles. The predicted octanol–water partition coefficient (Wildman–Crippen LogP) is 13.7. The number of hydrogen-bond acceptors (Lipinski definition) is 9. The molecule has 0 aromatic heterocycles. The number of carbonyl (C=O) groups excluding carboxylic acids is 2. The summed E-state index contributed by atoms with van der Waals surface area (Å²) in [5, 5.41) is 10.3. The first kappa shape index (κ1) is 62.4. The van der Waals surface area contributed by atoms with Crippen LogP contribution in [0.5, 0.6) is 0 Å². The van der Waals surface area contributed by atoms with E-state index in [9.17, 15) is 24.2 Å². The van der Waals surface area contributed by atoms with Crippen LogP contribution in [0.4, 0.5) is 0 Å². The summed E-state index contributed by atoms with van der Waals surface area (Å²) >= 11 is 0. The Morgan fingerprint density at radius 3 is 1.58 bits per heavy atom. The van der Waals surface area contributed by atoms with Crippen molar-refractivity contribution < 1.29 is 47.2 Å². The summed E-state index contributed by atoms with van der Waals surface area (Å²) in [6, 6.07) is 0. The summed E-state index contributed by atoms with van der Waals surface area (Å²) < 4.78 is 33.9. The van der Waals surface area contributed by atoms with Crippen LogP contribution in [-0.4, -0.2) is 81.2 Å². The van der Waals surface area contributed by atoms with Gasteiger partial charge in [-0.05, 0) is 44.9 Å². The number of aliphatic hydroxyl groups excluding tert-OH is 1. The Morgan fingerprint density at radius 1 is 0.585 bits per heavy atom. The highest BCUT2D eigenvalue weighted by atomic mass is 31.2. The smallest absolute Gasteiger partial charge is 0.306 e. The monoisotopic (exact) mass is 934 g/mol. The Labute approximate surface area is 398 Å². The number of quaternary nitrogens is 1. The molecule has 0 aromatic carbocycles. The number of rotatable bonds is 46. The molecule has 2 unspecified atom stereocenters. The number of carbonyl (C=O) groups is 2. The standard InChI is InChI=1S/C54H96NO9P/c1-6-8-10-12-14-16-18-20-21-22-23-24-25-26-27-29-31-33-35-37-41-45-53(57)61-49-52(50-63-65(59,60)62-48-47-55(3,4)5)64-54(58)46-42-38-40-44-51(56)43-39-36-34-32-30-28-19-17-15-13-11-9-7-2/h9,11,15,17,28,30,34,36,38-40,43,51-52,56H,6-8,10,12-14,16,18-27,29,31-33,35,37,41-42,44-50H2,1-5H3/b11-9-,17-15-,30-28-,36-34-,40-38-,43-39-/t51?,52-/m1/s1. The molecule has 0 aliphatic heterocycles. The number of aliphatic hydroxyl groups is 1. The summed E-state index contributed by atoms with van der Waals surface area (Å²) in [6.45, 7) is 3.93. The van der Waals surface area contributed by atoms with Crippen LogP contribution in [0.3, 0.4) is 0 Å². The van der Waals surface area contributed by atoms with Gasteiger partial charge in [0.05, 0.1) is 33.9 Å². The third-order valence-electron chi connectivity index (χ3n) is 10.8. The Balaban J connectivity index is 4.42. The van der Waals surface area contributed by atoms with Gasteiger partial charge in [-0.3, -0.25) is 14.2 Å². The first-order chi connectivity index (χ1) is 31.4. The van der Waals surface area contributed by atoms with E-state index in [0.717, 1.165) is 44.9 Å². The SMILES string of the molecule is CC/C=C\C/C=C\C/C=C\C/C=C\C=C/C(O)C/C=C\CCC(=O)O[C@H](COC(=O)CCCCCCCCCCCCCCCCCCCCCCC)COP(=O)([O-])OCC[N+](C)(C)C. The predicted molar refractivity (Wildman–Crippen MR) is 269 cm³/mol. The largest absolute Gasteiger partial charge is 0.756 e. The molecule has 0 saturated heterocycles. The molecule has 0 fully saturated rings. The van der Waals surface area contributed by atoms with Crippen molar-refractivity contribution in [2.24, 2.45) is 0 Å². The molecule has 0 spiro atoms. The van der Waals surface area contributed by atoms with Gasteiger partial charge >= 0.3 is 11.9 Å². The Hall–Kier alpha value is -2.59. The van der Waals surface area contributed by atoms with Gasteiger partial charge in [0, 0.05) is 12.8 Å². The van der Waals surface area contributed by atoms with Crippen molar-refractivity contribution in [2.75, 3.05) is 47.5 Å². The van der Waals surface area contributed by atoms with Crippen LogP contribution in [0.1, 0.15) is 200 Å². The fourth-order valence-electron chi connectivity index (χ4n) is 6.82. The van der Waals surface area contributed by atoms with Crippen molar-refractivity contribution in [1.29, 1.82) is 0 Å². The van der Waals surface area contributed by atoms with Crippen molar-refractivity contribution in [1.82, 2.24) is 0 Å². The maximum absolute atomic E-state index is 12.7. The van der Waals surface area contributed by atoms with E-state index in [4.69, 9.17) is 18.5 Å². The first-order valence-electron chi connectivity index (χ1n) is 25.8. The van der Waals surface area contributed by atoms with E-state index in [-0.39, 0.29) is 26.1 Å². The fraction of sp³-hybridized carbons (Fsp3) is 0.741. The number of allylic oxidation sites excluding steroid dienone is 10. The van der Waals surface area contributed by atoms with E-state index < -0.39 is 38.6 Å². The average Bonchev–Trinajstić information content (AvgIpc) is 3.26. The average molecular weight is 934 g/mol. The zero-order valence-electron chi connectivity index (χ0n) is 42.0. The summed E-state index contributed by atoms with van der Waals surface area (Å²) in [4.78, 5) is 37.7. The van der Waals surface area contributed by atoms with Crippen LogP contribution in [0.15, 0.2) is 72.9 Å². The highest BCUT2D eigenvalue weighted by Crippen LogP contribution is 2.38. The molecule has 0 amide bonds. The summed E-state index contributed by atoms with van der Waals surface area (Å²) in [7, 11) is 1.05. The van der Waals surface area contributed by atoms with Crippen LogP contribution in [-0.2, 0) is 32.7 Å². The van der Waals surface area contributed by atoms with Gasteiger partial charge in [0.1, 0.15) is 19.8 Å². The van der Waals surface area contributed by atoms with Crippen molar-refractivity contribution in [3.63, 3.8) is 0 Å². The van der Waals surface area contributed by atoms with Gasteiger partial charge in [-0.1, -0.05) is 215 Å². The Morgan fingerprint density at radius 2 is 1.08 bits per heavy atom. The highest BCUT2D eigenvalue weighted by Gasteiger charge is 2.21. The molecule has 0 bridgehead atoms. The first-order valence-corrected chi connectivity index (χ1v) is 27.2. The molecule has 0 rings (SSSR count). The highest BCUT2D eigenvalue weighted by molar-refractivity contribution is 7.45. The molecule has 10 nitrogen and oxygen atoms in total.